The highest BCUT2D eigenvalue weighted by Gasteiger charge is 2.21. The van der Waals surface area contributed by atoms with E-state index in [1.165, 1.54) is 12.1 Å². The van der Waals surface area contributed by atoms with Gasteiger partial charge in [-0.3, -0.25) is 4.79 Å². The number of benzene rings is 1. The van der Waals surface area contributed by atoms with Gasteiger partial charge >= 0.3 is 5.97 Å². The first-order valence-electron chi connectivity index (χ1n) is 6.89. The van der Waals surface area contributed by atoms with E-state index in [9.17, 15) is 18.0 Å². The molecule has 6 nitrogen and oxygen atoms in total. The van der Waals surface area contributed by atoms with Crippen LogP contribution in [0.4, 0.5) is 0 Å². The third-order valence-electron chi connectivity index (χ3n) is 2.93. The van der Waals surface area contributed by atoms with Crippen molar-refractivity contribution in [3.05, 3.63) is 35.4 Å². The van der Waals surface area contributed by atoms with E-state index in [0.717, 1.165) is 6.26 Å². The van der Waals surface area contributed by atoms with Gasteiger partial charge in [-0.1, -0.05) is 26.0 Å². The van der Waals surface area contributed by atoms with E-state index in [2.05, 4.69) is 5.32 Å². The van der Waals surface area contributed by atoms with Crippen LogP contribution in [0.3, 0.4) is 0 Å². The molecule has 1 aromatic rings. The Kier molecular flexibility index (Phi) is 6.11. The molecule has 0 spiro atoms. The fraction of sp³-hybridized carbons (Fsp3) is 0.467. The van der Waals surface area contributed by atoms with Crippen LogP contribution in [-0.2, 0) is 20.4 Å². The molecule has 0 fully saturated rings. The zero-order valence-corrected chi connectivity index (χ0v) is 13.7. The van der Waals surface area contributed by atoms with E-state index in [0.29, 0.717) is 12.0 Å². The highest BCUT2D eigenvalue weighted by molar-refractivity contribution is 7.89. The summed E-state index contributed by atoms with van der Waals surface area (Å²) in [7, 11) is -3.20. The number of carbonyl (C=O) groups is 2. The van der Waals surface area contributed by atoms with Crippen LogP contribution in [0.15, 0.2) is 24.3 Å². The van der Waals surface area contributed by atoms with Gasteiger partial charge in [-0.15, -0.1) is 0 Å². The Morgan fingerprint density at radius 2 is 1.91 bits per heavy atom. The van der Waals surface area contributed by atoms with Crippen LogP contribution in [0.5, 0.6) is 0 Å². The van der Waals surface area contributed by atoms with Gasteiger partial charge in [-0.25, -0.2) is 13.2 Å². The van der Waals surface area contributed by atoms with E-state index >= 15 is 0 Å². The topological polar surface area (TPSA) is 101 Å². The molecule has 0 aliphatic carbocycles. The molecule has 1 unspecified atom stereocenters. The summed E-state index contributed by atoms with van der Waals surface area (Å²) >= 11 is 0. The maximum atomic E-state index is 12.1. The third kappa shape index (κ3) is 6.26. The highest BCUT2D eigenvalue weighted by atomic mass is 32.2. The van der Waals surface area contributed by atoms with E-state index < -0.39 is 27.8 Å². The monoisotopic (exact) mass is 327 g/mol. The average Bonchev–Trinajstić information content (AvgIpc) is 2.35. The standard InChI is InChI=1S/C15H21NO5S/c1-10(2)7-13(15(18)19)16-14(17)12-6-4-5-11(8-12)9-22(3,20)21/h4-6,8,10,13H,7,9H2,1-3H3,(H,16,17)(H,18,19). The number of carbonyl (C=O) groups excluding carboxylic acids is 1. The molecule has 7 heteroatoms. The van der Waals surface area contributed by atoms with Gasteiger partial charge in [0.15, 0.2) is 9.84 Å². The summed E-state index contributed by atoms with van der Waals surface area (Å²) in [5, 5.41) is 11.6. The number of carboxylic acids is 1. The van der Waals surface area contributed by atoms with Crippen LogP contribution in [0, 0.1) is 5.92 Å². The van der Waals surface area contributed by atoms with Crippen molar-refractivity contribution in [1.82, 2.24) is 5.32 Å². The van der Waals surface area contributed by atoms with E-state index in [-0.39, 0.29) is 17.2 Å². The minimum absolute atomic E-state index is 0.123. The summed E-state index contributed by atoms with van der Waals surface area (Å²) in [5.41, 5.74) is 0.738. The first-order chi connectivity index (χ1) is 10.1. The largest absolute Gasteiger partial charge is 0.480 e. The summed E-state index contributed by atoms with van der Waals surface area (Å²) in [6.45, 7) is 3.74. The van der Waals surface area contributed by atoms with Gasteiger partial charge < -0.3 is 10.4 Å². The van der Waals surface area contributed by atoms with Crippen molar-refractivity contribution in [3.63, 3.8) is 0 Å². The summed E-state index contributed by atoms with van der Waals surface area (Å²) < 4.78 is 22.6. The molecular formula is C15H21NO5S. The summed E-state index contributed by atoms with van der Waals surface area (Å²) in [6, 6.07) is 5.21. The highest BCUT2D eigenvalue weighted by Crippen LogP contribution is 2.11. The van der Waals surface area contributed by atoms with E-state index in [1.54, 1.807) is 12.1 Å². The number of aliphatic carboxylic acids is 1. The number of amides is 1. The van der Waals surface area contributed by atoms with E-state index in [1.807, 2.05) is 13.8 Å². The van der Waals surface area contributed by atoms with Crippen molar-refractivity contribution in [2.24, 2.45) is 5.92 Å². The third-order valence-corrected chi connectivity index (χ3v) is 3.79. The van der Waals surface area contributed by atoms with Crippen molar-refractivity contribution in [1.29, 1.82) is 0 Å². The lowest BCUT2D eigenvalue weighted by atomic mass is 10.0. The number of hydrogen-bond donors (Lipinski definition) is 2. The Hall–Kier alpha value is -1.89. The summed E-state index contributed by atoms with van der Waals surface area (Å²) in [5.74, 6) is -1.65. The molecule has 0 radical (unpaired) electrons. The molecular weight excluding hydrogens is 306 g/mol. The fourth-order valence-corrected chi connectivity index (χ4v) is 2.82. The molecule has 22 heavy (non-hydrogen) atoms. The molecule has 1 amide bonds. The molecule has 0 aromatic heterocycles. The lowest BCUT2D eigenvalue weighted by Crippen LogP contribution is -2.41. The summed E-state index contributed by atoms with van der Waals surface area (Å²) in [4.78, 5) is 23.3. The first-order valence-corrected chi connectivity index (χ1v) is 8.95. The normalized spacial score (nSPS) is 12.9. The number of sulfone groups is 1. The quantitative estimate of drug-likeness (QED) is 0.789. The SMILES string of the molecule is CC(C)CC(NC(=O)c1cccc(CS(C)(=O)=O)c1)C(=O)O. The van der Waals surface area contributed by atoms with Crippen molar-refractivity contribution < 1.29 is 23.1 Å². The predicted molar refractivity (Wildman–Crippen MR) is 83.3 cm³/mol. The second kappa shape index (κ2) is 7.40. The average molecular weight is 327 g/mol. The number of hydrogen-bond acceptors (Lipinski definition) is 4. The van der Waals surface area contributed by atoms with Gasteiger partial charge in [0, 0.05) is 11.8 Å². The van der Waals surface area contributed by atoms with E-state index in [4.69, 9.17) is 5.11 Å². The molecule has 0 aliphatic rings. The molecule has 1 atom stereocenters. The zero-order chi connectivity index (χ0) is 16.9. The second-order valence-corrected chi connectivity index (χ2v) is 7.90. The van der Waals surface area contributed by atoms with Gasteiger partial charge in [0.05, 0.1) is 5.75 Å². The molecule has 1 rings (SSSR count). The Morgan fingerprint density at radius 1 is 1.27 bits per heavy atom. The maximum Gasteiger partial charge on any atom is 0.326 e. The molecule has 0 saturated heterocycles. The van der Waals surface area contributed by atoms with Crippen molar-refractivity contribution >= 4 is 21.7 Å². The zero-order valence-electron chi connectivity index (χ0n) is 12.9. The smallest absolute Gasteiger partial charge is 0.326 e. The van der Waals surface area contributed by atoms with Gasteiger partial charge in [0.25, 0.3) is 5.91 Å². The Labute approximate surface area is 130 Å². The molecule has 0 bridgehead atoms. The van der Waals surface area contributed by atoms with Crippen LogP contribution >= 0.6 is 0 Å². The van der Waals surface area contributed by atoms with Crippen LogP contribution in [0.1, 0.15) is 36.2 Å². The Morgan fingerprint density at radius 3 is 2.41 bits per heavy atom. The minimum Gasteiger partial charge on any atom is -0.480 e. The van der Waals surface area contributed by atoms with Gasteiger partial charge in [-0.2, -0.15) is 0 Å². The fourth-order valence-electron chi connectivity index (χ4n) is 2.04. The summed E-state index contributed by atoms with van der Waals surface area (Å²) in [6.07, 6.45) is 1.44. The van der Waals surface area contributed by atoms with Crippen LogP contribution in [-0.4, -0.2) is 37.7 Å². The molecule has 122 valence electrons. The lowest BCUT2D eigenvalue weighted by Gasteiger charge is -2.16. The number of carboxylic acid groups (broad SMARTS) is 1. The van der Waals surface area contributed by atoms with Crippen molar-refractivity contribution in [3.8, 4) is 0 Å². The van der Waals surface area contributed by atoms with Crippen LogP contribution in [0.25, 0.3) is 0 Å². The van der Waals surface area contributed by atoms with Gasteiger partial charge in [0.2, 0.25) is 0 Å². The molecule has 2 N–H and O–H groups in total. The Bertz CT molecular complexity index is 652. The molecule has 1 aromatic carbocycles. The first kappa shape index (κ1) is 18.2. The number of rotatable bonds is 7. The Balaban J connectivity index is 2.88. The maximum absolute atomic E-state index is 12.1. The van der Waals surface area contributed by atoms with Crippen LogP contribution in [0.2, 0.25) is 0 Å². The predicted octanol–water partition coefficient (Wildman–Crippen LogP) is 1.46. The molecule has 0 saturated carbocycles. The van der Waals surface area contributed by atoms with Crippen molar-refractivity contribution in [2.45, 2.75) is 32.1 Å². The second-order valence-electron chi connectivity index (χ2n) is 5.76. The lowest BCUT2D eigenvalue weighted by molar-refractivity contribution is -0.139. The van der Waals surface area contributed by atoms with Crippen LogP contribution < -0.4 is 5.32 Å². The number of nitrogens with one attached hydrogen (secondary N) is 1. The van der Waals surface area contributed by atoms with Crippen molar-refractivity contribution in [2.75, 3.05) is 6.26 Å². The minimum atomic E-state index is -3.20. The van der Waals surface area contributed by atoms with Gasteiger partial charge in [-0.05, 0) is 30.0 Å². The van der Waals surface area contributed by atoms with Gasteiger partial charge in [0.1, 0.15) is 6.04 Å². The molecule has 0 heterocycles. The molecule has 0 aliphatic heterocycles.